The van der Waals surface area contributed by atoms with Gasteiger partial charge in [0.25, 0.3) is 10.0 Å². The van der Waals surface area contributed by atoms with Gasteiger partial charge in [-0.3, -0.25) is 9.52 Å². The molecule has 0 radical (unpaired) electrons. The van der Waals surface area contributed by atoms with Gasteiger partial charge in [-0.25, -0.2) is 13.4 Å². The van der Waals surface area contributed by atoms with Gasteiger partial charge < -0.3 is 5.11 Å². The Morgan fingerprint density at radius 1 is 1.43 bits per heavy atom. The Morgan fingerprint density at radius 2 is 2.19 bits per heavy atom. The number of hydrogen-bond acceptors (Lipinski definition) is 5. The second-order valence-corrected chi connectivity index (χ2v) is 7.54. The number of hydrogen-bond donors (Lipinski definition) is 2. The van der Waals surface area contributed by atoms with E-state index in [1.807, 2.05) is 0 Å². The van der Waals surface area contributed by atoms with Crippen LogP contribution in [0.5, 0.6) is 0 Å². The van der Waals surface area contributed by atoms with E-state index in [1.54, 1.807) is 31.2 Å². The lowest BCUT2D eigenvalue weighted by Gasteiger charge is -2.07. The number of thiazole rings is 1. The first-order valence-electron chi connectivity index (χ1n) is 6.13. The highest BCUT2D eigenvalue weighted by Crippen LogP contribution is 2.22. The number of nitrogens with one attached hydrogen (secondary N) is 1. The molecule has 8 heteroatoms. The van der Waals surface area contributed by atoms with Crippen molar-refractivity contribution in [1.82, 2.24) is 4.98 Å². The SMILES string of the molecule is Cc1ncc(S(=O)(=O)Nc2cccc(CCC(=O)O)c2)s1. The lowest BCUT2D eigenvalue weighted by molar-refractivity contribution is -0.136. The van der Waals surface area contributed by atoms with Crippen molar-refractivity contribution in [3.8, 4) is 0 Å². The predicted octanol–water partition coefficient (Wildman–Crippen LogP) is 2.27. The standard InChI is InChI=1S/C13H14N2O4S2/c1-9-14-8-13(20-9)21(18,19)15-11-4-2-3-10(7-11)5-6-12(16)17/h2-4,7-8,15H,5-6H2,1H3,(H,16,17). The average Bonchev–Trinajstić information content (AvgIpc) is 2.84. The molecule has 2 aromatic rings. The Bertz CT molecular complexity index is 753. The zero-order valence-electron chi connectivity index (χ0n) is 11.2. The summed E-state index contributed by atoms with van der Waals surface area (Å²) < 4.78 is 26.9. The van der Waals surface area contributed by atoms with E-state index < -0.39 is 16.0 Å². The van der Waals surface area contributed by atoms with Crippen LogP contribution in [0.25, 0.3) is 0 Å². The molecule has 112 valence electrons. The molecule has 0 aliphatic heterocycles. The molecule has 0 bridgehead atoms. The van der Waals surface area contributed by atoms with Crippen molar-refractivity contribution >= 4 is 33.0 Å². The normalized spacial score (nSPS) is 11.3. The lowest BCUT2D eigenvalue weighted by atomic mass is 10.1. The highest BCUT2D eigenvalue weighted by molar-refractivity contribution is 7.94. The molecular formula is C13H14N2O4S2. The minimum absolute atomic E-state index is 0.00421. The third-order valence-corrected chi connectivity index (χ3v) is 5.43. The van der Waals surface area contributed by atoms with Gasteiger partial charge in [0.05, 0.1) is 11.2 Å². The van der Waals surface area contributed by atoms with E-state index in [1.165, 1.54) is 6.20 Å². The summed E-state index contributed by atoms with van der Waals surface area (Å²) in [6.45, 7) is 1.73. The zero-order valence-corrected chi connectivity index (χ0v) is 12.9. The summed E-state index contributed by atoms with van der Waals surface area (Å²) in [6.07, 6.45) is 1.67. The molecule has 1 aromatic carbocycles. The van der Waals surface area contributed by atoms with Crippen LogP contribution in [0.2, 0.25) is 0 Å². The fraction of sp³-hybridized carbons (Fsp3) is 0.231. The van der Waals surface area contributed by atoms with Gasteiger partial charge in [0.15, 0.2) is 4.21 Å². The summed E-state index contributed by atoms with van der Waals surface area (Å²) >= 11 is 1.09. The molecule has 6 nitrogen and oxygen atoms in total. The maximum atomic E-state index is 12.2. The largest absolute Gasteiger partial charge is 0.481 e. The Balaban J connectivity index is 2.16. The first-order chi connectivity index (χ1) is 9.87. The number of aryl methyl sites for hydroxylation is 2. The van der Waals surface area contributed by atoms with Crippen LogP contribution < -0.4 is 4.72 Å². The zero-order chi connectivity index (χ0) is 15.5. The van der Waals surface area contributed by atoms with Crippen molar-refractivity contribution in [3.05, 3.63) is 41.0 Å². The molecule has 0 spiro atoms. The van der Waals surface area contributed by atoms with E-state index in [0.29, 0.717) is 17.1 Å². The van der Waals surface area contributed by atoms with Crippen LogP contribution in [-0.4, -0.2) is 24.5 Å². The topological polar surface area (TPSA) is 96.4 Å². The maximum absolute atomic E-state index is 12.2. The van der Waals surface area contributed by atoms with Crippen molar-refractivity contribution in [2.45, 2.75) is 24.0 Å². The van der Waals surface area contributed by atoms with Crippen LogP contribution in [0.4, 0.5) is 5.69 Å². The Kier molecular flexibility index (Phi) is 4.59. The van der Waals surface area contributed by atoms with E-state index >= 15 is 0 Å². The molecular weight excluding hydrogens is 312 g/mol. The van der Waals surface area contributed by atoms with Crippen molar-refractivity contribution in [1.29, 1.82) is 0 Å². The van der Waals surface area contributed by atoms with E-state index in [0.717, 1.165) is 16.9 Å². The first kappa shape index (κ1) is 15.5. The van der Waals surface area contributed by atoms with E-state index in [9.17, 15) is 13.2 Å². The molecule has 0 aliphatic rings. The average molecular weight is 326 g/mol. The van der Waals surface area contributed by atoms with Crippen LogP contribution in [0.15, 0.2) is 34.7 Å². The van der Waals surface area contributed by atoms with Gasteiger partial charge in [-0.2, -0.15) is 0 Å². The van der Waals surface area contributed by atoms with E-state index in [2.05, 4.69) is 9.71 Å². The van der Waals surface area contributed by atoms with Crippen molar-refractivity contribution in [3.63, 3.8) is 0 Å². The molecule has 0 fully saturated rings. The van der Waals surface area contributed by atoms with Gasteiger partial charge in [0.2, 0.25) is 0 Å². The summed E-state index contributed by atoms with van der Waals surface area (Å²) in [4.78, 5) is 14.5. The van der Waals surface area contributed by atoms with Crippen LogP contribution in [0.3, 0.4) is 0 Å². The smallest absolute Gasteiger partial charge is 0.303 e. The molecule has 0 amide bonds. The summed E-state index contributed by atoms with van der Waals surface area (Å²) in [6, 6.07) is 6.70. The van der Waals surface area contributed by atoms with Crippen LogP contribution in [0.1, 0.15) is 17.0 Å². The summed E-state index contributed by atoms with van der Waals surface area (Å²) in [7, 11) is -3.65. The highest BCUT2D eigenvalue weighted by atomic mass is 32.2. The van der Waals surface area contributed by atoms with Gasteiger partial charge in [-0.05, 0) is 31.0 Å². The molecule has 0 aliphatic carbocycles. The Labute approximate surface area is 126 Å². The first-order valence-corrected chi connectivity index (χ1v) is 8.43. The van der Waals surface area contributed by atoms with Crippen molar-refractivity contribution in [2.24, 2.45) is 0 Å². The summed E-state index contributed by atoms with van der Waals surface area (Å²) in [5.41, 5.74) is 1.17. The van der Waals surface area contributed by atoms with E-state index in [4.69, 9.17) is 5.11 Å². The Morgan fingerprint density at radius 3 is 2.81 bits per heavy atom. The monoisotopic (exact) mass is 326 g/mol. The number of carboxylic acid groups (broad SMARTS) is 1. The summed E-state index contributed by atoms with van der Waals surface area (Å²) in [5.74, 6) is -0.888. The number of carbonyl (C=O) groups is 1. The molecule has 0 saturated heterocycles. The minimum Gasteiger partial charge on any atom is -0.481 e. The highest BCUT2D eigenvalue weighted by Gasteiger charge is 2.17. The number of benzene rings is 1. The lowest BCUT2D eigenvalue weighted by Crippen LogP contribution is -2.11. The van der Waals surface area contributed by atoms with Crippen LogP contribution in [-0.2, 0) is 21.2 Å². The number of aliphatic carboxylic acids is 1. The summed E-state index contributed by atoms with van der Waals surface area (Å²) in [5, 5.41) is 9.34. The van der Waals surface area contributed by atoms with Crippen LogP contribution >= 0.6 is 11.3 Å². The van der Waals surface area contributed by atoms with Gasteiger partial charge in [0.1, 0.15) is 0 Å². The van der Waals surface area contributed by atoms with E-state index in [-0.39, 0.29) is 10.6 Å². The molecule has 2 rings (SSSR count). The van der Waals surface area contributed by atoms with Gasteiger partial charge >= 0.3 is 5.97 Å². The maximum Gasteiger partial charge on any atom is 0.303 e. The van der Waals surface area contributed by atoms with Crippen molar-refractivity contribution in [2.75, 3.05) is 4.72 Å². The number of anilines is 1. The Hall–Kier alpha value is -1.93. The molecule has 0 saturated carbocycles. The van der Waals surface area contributed by atoms with Gasteiger partial charge in [-0.1, -0.05) is 12.1 Å². The molecule has 0 unspecified atom stereocenters. The van der Waals surface area contributed by atoms with Crippen molar-refractivity contribution < 1.29 is 18.3 Å². The number of aromatic nitrogens is 1. The molecule has 2 N–H and O–H groups in total. The second kappa shape index (κ2) is 6.23. The number of sulfonamides is 1. The van der Waals surface area contributed by atoms with Gasteiger partial charge in [-0.15, -0.1) is 11.3 Å². The molecule has 0 atom stereocenters. The van der Waals surface area contributed by atoms with Gasteiger partial charge in [0, 0.05) is 12.1 Å². The number of carboxylic acids is 1. The quantitative estimate of drug-likeness (QED) is 0.849. The minimum atomic E-state index is -3.65. The number of rotatable bonds is 6. The fourth-order valence-electron chi connectivity index (χ4n) is 1.71. The third kappa shape index (κ3) is 4.27. The second-order valence-electron chi connectivity index (χ2n) is 4.40. The van der Waals surface area contributed by atoms with Crippen LogP contribution in [0, 0.1) is 6.92 Å². The molecule has 1 aromatic heterocycles. The number of nitrogens with zero attached hydrogens (tertiary/aromatic N) is 1. The predicted molar refractivity (Wildman–Crippen MR) is 80.1 cm³/mol. The molecule has 1 heterocycles. The third-order valence-electron chi connectivity index (χ3n) is 2.67. The molecule has 21 heavy (non-hydrogen) atoms. The fourth-order valence-corrected chi connectivity index (χ4v) is 3.87.